The van der Waals surface area contributed by atoms with Crippen molar-refractivity contribution in [3.05, 3.63) is 41.0 Å². The number of carboxylic acids is 1. The first-order valence-corrected chi connectivity index (χ1v) is 8.94. The summed E-state index contributed by atoms with van der Waals surface area (Å²) in [5.41, 5.74) is 3.93. The molecule has 4 heteroatoms. The number of hydrogen-bond donors (Lipinski definition) is 1. The fourth-order valence-corrected chi connectivity index (χ4v) is 3.72. The molecule has 130 valence electrons. The molecule has 0 aromatic heterocycles. The fraction of sp³-hybridized carbons (Fsp3) is 0.550. The van der Waals surface area contributed by atoms with Gasteiger partial charge in [-0.2, -0.15) is 0 Å². The van der Waals surface area contributed by atoms with Crippen molar-refractivity contribution >= 4 is 5.97 Å². The second-order valence-electron chi connectivity index (χ2n) is 6.74. The van der Waals surface area contributed by atoms with Gasteiger partial charge in [-0.1, -0.05) is 30.5 Å². The van der Waals surface area contributed by atoms with Gasteiger partial charge in [-0.15, -0.1) is 0 Å². The summed E-state index contributed by atoms with van der Waals surface area (Å²) in [5.74, 6) is 0.808. The van der Waals surface area contributed by atoms with E-state index in [1.165, 1.54) is 31.3 Å². The van der Waals surface area contributed by atoms with Crippen LogP contribution in [-0.4, -0.2) is 30.9 Å². The predicted octanol–water partition coefficient (Wildman–Crippen LogP) is 3.99. The molecule has 0 atom stereocenters. The van der Waals surface area contributed by atoms with E-state index in [0.717, 1.165) is 30.3 Å². The maximum absolute atomic E-state index is 10.6. The molecule has 1 aliphatic heterocycles. The Bertz CT molecular complexity index is 582. The molecule has 0 amide bonds. The maximum Gasteiger partial charge on any atom is 0.303 e. The molecule has 0 spiro atoms. The quantitative estimate of drug-likeness (QED) is 0.768. The Morgan fingerprint density at radius 2 is 1.96 bits per heavy atom. The third-order valence-corrected chi connectivity index (χ3v) is 5.06. The van der Waals surface area contributed by atoms with Crippen LogP contribution in [0, 0.1) is 5.92 Å². The lowest BCUT2D eigenvalue weighted by Gasteiger charge is -2.25. The number of aliphatic carboxylic acids is 1. The van der Waals surface area contributed by atoms with Crippen molar-refractivity contribution in [3.63, 3.8) is 0 Å². The summed E-state index contributed by atoms with van der Waals surface area (Å²) in [5, 5.41) is 8.73. The van der Waals surface area contributed by atoms with Crippen molar-refractivity contribution < 1.29 is 19.4 Å². The van der Waals surface area contributed by atoms with Crippen LogP contribution >= 0.6 is 0 Å². The predicted molar refractivity (Wildman–Crippen MR) is 92.3 cm³/mol. The SMILES string of the molecule is O=C(O)CCc1ccc(OCC2=C(C3CCCC3)CCOC2)cc1. The van der Waals surface area contributed by atoms with E-state index in [4.69, 9.17) is 14.6 Å². The molecule has 24 heavy (non-hydrogen) atoms. The molecular formula is C20H26O4. The van der Waals surface area contributed by atoms with Crippen molar-refractivity contribution in [2.24, 2.45) is 5.92 Å². The maximum atomic E-state index is 10.6. The topological polar surface area (TPSA) is 55.8 Å². The van der Waals surface area contributed by atoms with E-state index in [1.807, 2.05) is 24.3 Å². The van der Waals surface area contributed by atoms with Gasteiger partial charge in [-0.25, -0.2) is 0 Å². The van der Waals surface area contributed by atoms with Gasteiger partial charge in [-0.05, 0) is 54.9 Å². The fourth-order valence-electron chi connectivity index (χ4n) is 3.72. The molecule has 3 rings (SSSR count). The number of aryl methyl sites for hydroxylation is 1. The zero-order valence-corrected chi connectivity index (χ0v) is 14.1. The van der Waals surface area contributed by atoms with Gasteiger partial charge in [0.15, 0.2) is 0 Å². The third-order valence-electron chi connectivity index (χ3n) is 5.06. The Morgan fingerprint density at radius 1 is 1.21 bits per heavy atom. The number of carboxylic acid groups (broad SMARTS) is 1. The highest BCUT2D eigenvalue weighted by Gasteiger charge is 2.24. The second kappa shape index (κ2) is 8.34. The summed E-state index contributed by atoms with van der Waals surface area (Å²) in [6.45, 7) is 2.14. The highest BCUT2D eigenvalue weighted by molar-refractivity contribution is 5.67. The van der Waals surface area contributed by atoms with Gasteiger partial charge in [-0.3, -0.25) is 4.79 Å². The zero-order chi connectivity index (χ0) is 16.8. The van der Waals surface area contributed by atoms with Crippen LogP contribution in [0.5, 0.6) is 5.75 Å². The molecular weight excluding hydrogens is 304 g/mol. The largest absolute Gasteiger partial charge is 0.489 e. The first kappa shape index (κ1) is 17.0. The minimum Gasteiger partial charge on any atom is -0.489 e. The molecule has 2 aliphatic rings. The minimum atomic E-state index is -0.765. The number of rotatable bonds is 7. The zero-order valence-electron chi connectivity index (χ0n) is 14.1. The smallest absolute Gasteiger partial charge is 0.303 e. The lowest BCUT2D eigenvalue weighted by molar-refractivity contribution is -0.136. The summed E-state index contributed by atoms with van der Waals surface area (Å²) in [6, 6.07) is 7.75. The Balaban J connectivity index is 1.58. The van der Waals surface area contributed by atoms with Gasteiger partial charge in [0.2, 0.25) is 0 Å². The van der Waals surface area contributed by atoms with Crippen LogP contribution in [0.4, 0.5) is 0 Å². The van der Waals surface area contributed by atoms with Crippen LogP contribution in [0.3, 0.4) is 0 Å². The van der Waals surface area contributed by atoms with E-state index in [-0.39, 0.29) is 6.42 Å². The van der Waals surface area contributed by atoms with Crippen molar-refractivity contribution in [2.75, 3.05) is 19.8 Å². The number of ether oxygens (including phenoxy) is 2. The summed E-state index contributed by atoms with van der Waals surface area (Å²) in [6.07, 6.45) is 7.10. The number of benzene rings is 1. The third kappa shape index (κ3) is 4.60. The molecule has 0 bridgehead atoms. The minimum absolute atomic E-state index is 0.162. The summed E-state index contributed by atoms with van der Waals surface area (Å²) in [7, 11) is 0. The van der Waals surface area contributed by atoms with E-state index in [9.17, 15) is 4.79 Å². The lowest BCUT2D eigenvalue weighted by Crippen LogP contribution is -2.20. The van der Waals surface area contributed by atoms with E-state index < -0.39 is 5.97 Å². The average Bonchev–Trinajstić information content (AvgIpc) is 3.14. The summed E-state index contributed by atoms with van der Waals surface area (Å²) < 4.78 is 11.6. The number of carbonyl (C=O) groups is 1. The molecule has 4 nitrogen and oxygen atoms in total. The van der Waals surface area contributed by atoms with Crippen LogP contribution < -0.4 is 4.74 Å². The van der Waals surface area contributed by atoms with Gasteiger partial charge in [0.1, 0.15) is 12.4 Å². The average molecular weight is 330 g/mol. The van der Waals surface area contributed by atoms with Crippen molar-refractivity contribution in [1.82, 2.24) is 0 Å². The molecule has 1 fully saturated rings. The molecule has 1 aliphatic carbocycles. The lowest BCUT2D eigenvalue weighted by atomic mass is 9.89. The van der Waals surface area contributed by atoms with Gasteiger partial charge >= 0.3 is 5.97 Å². The number of hydrogen-bond acceptors (Lipinski definition) is 3. The van der Waals surface area contributed by atoms with E-state index >= 15 is 0 Å². The van der Waals surface area contributed by atoms with Crippen LogP contribution in [0.1, 0.15) is 44.1 Å². The van der Waals surface area contributed by atoms with Gasteiger partial charge < -0.3 is 14.6 Å². The molecule has 0 radical (unpaired) electrons. The van der Waals surface area contributed by atoms with E-state index in [1.54, 1.807) is 5.57 Å². The first-order chi connectivity index (χ1) is 11.7. The molecule has 0 saturated heterocycles. The molecule has 1 saturated carbocycles. The Hall–Kier alpha value is -1.81. The monoisotopic (exact) mass is 330 g/mol. The Morgan fingerprint density at radius 3 is 2.67 bits per heavy atom. The van der Waals surface area contributed by atoms with Crippen LogP contribution in [0.2, 0.25) is 0 Å². The molecule has 1 aromatic carbocycles. The molecule has 1 aromatic rings. The van der Waals surface area contributed by atoms with Gasteiger partial charge in [0.25, 0.3) is 0 Å². The van der Waals surface area contributed by atoms with E-state index in [0.29, 0.717) is 19.6 Å². The van der Waals surface area contributed by atoms with Crippen molar-refractivity contribution in [2.45, 2.75) is 44.9 Å². The van der Waals surface area contributed by atoms with Crippen LogP contribution in [0.15, 0.2) is 35.4 Å². The van der Waals surface area contributed by atoms with Crippen LogP contribution in [0.25, 0.3) is 0 Å². The highest BCUT2D eigenvalue weighted by Crippen LogP contribution is 2.36. The molecule has 1 heterocycles. The van der Waals surface area contributed by atoms with Gasteiger partial charge in [0, 0.05) is 6.42 Å². The van der Waals surface area contributed by atoms with Crippen LogP contribution in [-0.2, 0) is 16.0 Å². The molecule has 0 unspecified atom stereocenters. The Kier molecular flexibility index (Phi) is 5.91. The first-order valence-electron chi connectivity index (χ1n) is 8.94. The van der Waals surface area contributed by atoms with Crippen molar-refractivity contribution in [3.8, 4) is 5.75 Å². The summed E-state index contributed by atoms with van der Waals surface area (Å²) >= 11 is 0. The second-order valence-corrected chi connectivity index (χ2v) is 6.74. The molecule has 1 N–H and O–H groups in total. The van der Waals surface area contributed by atoms with Gasteiger partial charge in [0.05, 0.1) is 13.2 Å². The highest BCUT2D eigenvalue weighted by atomic mass is 16.5. The van der Waals surface area contributed by atoms with E-state index in [2.05, 4.69) is 0 Å². The van der Waals surface area contributed by atoms with Crippen molar-refractivity contribution in [1.29, 1.82) is 0 Å². The standard InChI is InChI=1S/C20H26O4/c21-20(22)10-7-15-5-8-18(9-6-15)24-14-17-13-23-12-11-19(17)16-3-1-2-4-16/h5-6,8-9,16H,1-4,7,10-14H2,(H,21,22). The normalized spacial score (nSPS) is 18.8. The Labute approximate surface area is 143 Å². The summed E-state index contributed by atoms with van der Waals surface area (Å²) in [4.78, 5) is 10.6.